The molecule has 2 aliphatic heterocycles. The predicted octanol–water partition coefficient (Wildman–Crippen LogP) is 1.91. The van der Waals surface area contributed by atoms with Crippen molar-refractivity contribution in [1.82, 2.24) is 0 Å². The first kappa shape index (κ1) is 22.2. The fourth-order valence-corrected chi connectivity index (χ4v) is 9.16. The van der Waals surface area contributed by atoms with E-state index in [1.54, 1.807) is 26.8 Å². The standard InChI is InChI=1S/C26H30O8/c1-22(2)14(28)6-7-23(3)18-13(27)10-24(4)12(11-8-16(29)33-21(11)32)9-15-26(24,34-15)25(18,5)20(31)17(30)19(22)23/h6-8,12-13,15,18,21,27,30,32H,9-10H2,1-5H3/t12-,13-,15+,18+,21-,23+,24-,25-,26+/m0/s1. The third kappa shape index (κ3) is 2.03. The van der Waals surface area contributed by atoms with Gasteiger partial charge in [-0.15, -0.1) is 0 Å². The number of cyclic esters (lactones) is 1. The van der Waals surface area contributed by atoms with Gasteiger partial charge in [-0.2, -0.15) is 0 Å². The van der Waals surface area contributed by atoms with Crippen molar-refractivity contribution < 1.29 is 39.2 Å². The smallest absolute Gasteiger partial charge is 0.333 e. The van der Waals surface area contributed by atoms with Gasteiger partial charge in [-0.1, -0.05) is 19.9 Å². The summed E-state index contributed by atoms with van der Waals surface area (Å²) in [6.45, 7) is 8.97. The van der Waals surface area contributed by atoms with E-state index in [2.05, 4.69) is 0 Å². The molecule has 2 saturated carbocycles. The maximum atomic E-state index is 14.1. The number of allylic oxidation sites excluding steroid dienone is 4. The number of hydrogen-bond donors (Lipinski definition) is 3. The van der Waals surface area contributed by atoms with Crippen LogP contribution in [0.2, 0.25) is 0 Å². The van der Waals surface area contributed by atoms with Gasteiger partial charge in [0, 0.05) is 28.4 Å². The molecule has 0 amide bonds. The van der Waals surface area contributed by atoms with E-state index >= 15 is 0 Å². The number of ether oxygens (including phenoxy) is 2. The van der Waals surface area contributed by atoms with Gasteiger partial charge in [0.15, 0.2) is 11.5 Å². The second kappa shape index (κ2) is 5.91. The van der Waals surface area contributed by atoms with Crippen molar-refractivity contribution in [2.24, 2.45) is 33.5 Å². The van der Waals surface area contributed by atoms with Gasteiger partial charge >= 0.3 is 5.97 Å². The van der Waals surface area contributed by atoms with E-state index in [1.165, 1.54) is 12.2 Å². The highest BCUT2D eigenvalue weighted by Crippen LogP contribution is 2.80. The van der Waals surface area contributed by atoms with Crippen LogP contribution in [0, 0.1) is 33.5 Å². The molecule has 182 valence electrons. The Morgan fingerprint density at radius 3 is 2.35 bits per heavy atom. The van der Waals surface area contributed by atoms with Gasteiger partial charge in [0.1, 0.15) is 5.60 Å². The minimum Gasteiger partial charge on any atom is -0.504 e. The van der Waals surface area contributed by atoms with E-state index in [9.17, 15) is 29.7 Å². The van der Waals surface area contributed by atoms with Crippen molar-refractivity contribution in [2.75, 3.05) is 0 Å². The topological polar surface area (TPSA) is 134 Å². The molecule has 34 heavy (non-hydrogen) atoms. The Labute approximate surface area is 197 Å². The van der Waals surface area contributed by atoms with Gasteiger partial charge in [0.25, 0.3) is 0 Å². The average molecular weight is 471 g/mol. The van der Waals surface area contributed by atoms with Crippen LogP contribution >= 0.6 is 0 Å². The number of carbonyl (C=O) groups excluding carboxylic acids is 3. The molecule has 0 aromatic rings. The monoisotopic (exact) mass is 470 g/mol. The molecule has 0 bridgehead atoms. The second-order valence-corrected chi connectivity index (χ2v) is 12.1. The maximum Gasteiger partial charge on any atom is 0.333 e. The van der Waals surface area contributed by atoms with Gasteiger partial charge in [-0.05, 0) is 51.2 Å². The lowest BCUT2D eigenvalue weighted by atomic mass is 9.38. The van der Waals surface area contributed by atoms with Crippen LogP contribution in [0.5, 0.6) is 0 Å². The highest BCUT2D eigenvalue weighted by atomic mass is 16.6. The Morgan fingerprint density at radius 2 is 1.74 bits per heavy atom. The van der Waals surface area contributed by atoms with Crippen LogP contribution in [0.1, 0.15) is 47.5 Å². The first-order valence-electron chi connectivity index (χ1n) is 11.9. The molecule has 8 nitrogen and oxygen atoms in total. The van der Waals surface area contributed by atoms with Crippen LogP contribution in [-0.4, -0.2) is 57.0 Å². The second-order valence-electron chi connectivity index (χ2n) is 12.1. The number of aliphatic hydroxyl groups is 3. The summed E-state index contributed by atoms with van der Waals surface area (Å²) in [6, 6.07) is 0. The van der Waals surface area contributed by atoms with Gasteiger partial charge in [-0.3, -0.25) is 9.59 Å². The van der Waals surface area contributed by atoms with E-state index in [0.717, 1.165) is 0 Å². The van der Waals surface area contributed by atoms with Crippen molar-refractivity contribution in [1.29, 1.82) is 0 Å². The highest BCUT2D eigenvalue weighted by Gasteiger charge is 2.88. The minimum absolute atomic E-state index is 0.204. The number of esters is 1. The average Bonchev–Trinajstić information content (AvgIpc) is 3.30. The number of carbonyl (C=O) groups is 3. The van der Waals surface area contributed by atoms with Crippen LogP contribution in [0.3, 0.4) is 0 Å². The zero-order chi connectivity index (χ0) is 24.8. The number of aliphatic hydroxyl groups excluding tert-OH is 3. The molecular weight excluding hydrogens is 440 g/mol. The molecule has 0 unspecified atom stereocenters. The summed E-state index contributed by atoms with van der Waals surface area (Å²) in [5.41, 5.74) is -4.34. The summed E-state index contributed by atoms with van der Waals surface area (Å²) in [6.07, 6.45) is 2.59. The molecule has 6 rings (SSSR count). The SMILES string of the molecule is CC1(C)C(=O)C=C[C@@]2(C)C1=C(O)C(=O)[C@]1(C)[C@@H]2[C@@H](O)C[C@@]2(C)[C@H](C3=CC(=O)O[C@@H]3O)C[C@H]3O[C@]321. The minimum atomic E-state index is -1.36. The Kier molecular flexibility index (Phi) is 3.86. The number of Topliss-reactive ketones (excluding diaryl/α,β-unsaturated/α-hetero) is 1. The molecular formula is C26H30O8. The lowest BCUT2D eigenvalue weighted by Gasteiger charge is -2.63. The van der Waals surface area contributed by atoms with Crippen molar-refractivity contribution in [3.05, 3.63) is 35.1 Å². The molecule has 0 aromatic carbocycles. The Bertz CT molecular complexity index is 1180. The van der Waals surface area contributed by atoms with Crippen LogP contribution < -0.4 is 0 Å². The molecule has 1 saturated heterocycles. The van der Waals surface area contributed by atoms with Crippen molar-refractivity contribution in [3.63, 3.8) is 0 Å². The number of epoxide rings is 1. The number of rotatable bonds is 1. The van der Waals surface area contributed by atoms with Crippen LogP contribution in [0.25, 0.3) is 0 Å². The lowest BCUT2D eigenvalue weighted by Crippen LogP contribution is -2.70. The summed E-state index contributed by atoms with van der Waals surface area (Å²) in [5, 5.41) is 33.5. The number of hydrogen-bond acceptors (Lipinski definition) is 8. The molecule has 6 aliphatic rings. The molecule has 2 heterocycles. The van der Waals surface area contributed by atoms with E-state index in [1.807, 2.05) is 13.8 Å². The van der Waals surface area contributed by atoms with E-state index < -0.39 is 63.1 Å². The predicted molar refractivity (Wildman–Crippen MR) is 117 cm³/mol. The Hall–Kier alpha value is -2.29. The molecule has 8 heteroatoms. The van der Waals surface area contributed by atoms with E-state index in [-0.39, 0.29) is 24.2 Å². The fraction of sp³-hybridized carbons (Fsp3) is 0.654. The summed E-state index contributed by atoms with van der Waals surface area (Å²) in [5.74, 6) is -2.75. The fourth-order valence-electron chi connectivity index (χ4n) is 9.16. The zero-order valence-electron chi connectivity index (χ0n) is 19.9. The summed E-state index contributed by atoms with van der Waals surface area (Å²) < 4.78 is 11.3. The third-order valence-electron chi connectivity index (χ3n) is 10.3. The van der Waals surface area contributed by atoms with E-state index in [0.29, 0.717) is 17.6 Å². The van der Waals surface area contributed by atoms with Gasteiger partial charge in [-0.25, -0.2) is 4.79 Å². The number of ketones is 2. The van der Waals surface area contributed by atoms with Gasteiger partial charge < -0.3 is 24.8 Å². The Balaban J connectivity index is 1.57. The molecule has 4 aliphatic carbocycles. The molecule has 1 spiro atoms. The zero-order valence-corrected chi connectivity index (χ0v) is 19.9. The molecule has 3 N–H and O–H groups in total. The maximum absolute atomic E-state index is 14.1. The van der Waals surface area contributed by atoms with Crippen LogP contribution in [0.4, 0.5) is 0 Å². The molecule has 0 radical (unpaired) electrons. The van der Waals surface area contributed by atoms with Crippen molar-refractivity contribution >= 4 is 17.5 Å². The summed E-state index contributed by atoms with van der Waals surface area (Å²) in [7, 11) is 0. The van der Waals surface area contributed by atoms with Crippen LogP contribution in [0.15, 0.2) is 35.1 Å². The molecule has 0 aromatic heterocycles. The molecule has 9 atom stereocenters. The van der Waals surface area contributed by atoms with Crippen molar-refractivity contribution in [3.8, 4) is 0 Å². The summed E-state index contributed by atoms with van der Waals surface area (Å²) in [4.78, 5) is 38.7. The lowest BCUT2D eigenvalue weighted by molar-refractivity contribution is -0.191. The van der Waals surface area contributed by atoms with Crippen LogP contribution in [-0.2, 0) is 23.9 Å². The molecule has 3 fully saturated rings. The van der Waals surface area contributed by atoms with Crippen molar-refractivity contribution in [2.45, 2.75) is 71.6 Å². The first-order chi connectivity index (χ1) is 15.7. The largest absolute Gasteiger partial charge is 0.504 e. The number of fused-ring (bicyclic) bond motifs is 3. The third-order valence-corrected chi connectivity index (χ3v) is 10.3. The van der Waals surface area contributed by atoms with Gasteiger partial charge in [0.05, 0.1) is 23.0 Å². The highest BCUT2D eigenvalue weighted by molar-refractivity contribution is 6.06. The van der Waals surface area contributed by atoms with E-state index in [4.69, 9.17) is 9.47 Å². The normalized spacial score (nSPS) is 52.5. The first-order valence-corrected chi connectivity index (χ1v) is 11.9. The Morgan fingerprint density at radius 1 is 1.06 bits per heavy atom. The quantitative estimate of drug-likeness (QED) is 0.391. The summed E-state index contributed by atoms with van der Waals surface area (Å²) >= 11 is 0. The van der Waals surface area contributed by atoms with Gasteiger partial charge in [0.2, 0.25) is 12.1 Å².